The van der Waals surface area contributed by atoms with E-state index in [4.69, 9.17) is 0 Å². The van der Waals surface area contributed by atoms with Crippen molar-refractivity contribution in [2.75, 3.05) is 5.32 Å². The monoisotopic (exact) mass is 283 g/mol. The van der Waals surface area contributed by atoms with Gasteiger partial charge in [-0.3, -0.25) is 0 Å². The number of aromatic hydroxyl groups is 2. The number of nitrogens with one attached hydrogen (secondary N) is 1. The Kier molecular flexibility index (Phi) is 3.38. The van der Waals surface area contributed by atoms with E-state index < -0.39 is 0 Å². The average Bonchev–Trinajstić information content (AvgIpc) is 3.01. The molecule has 0 spiro atoms. The maximum absolute atomic E-state index is 9.79. The Labute approximate surface area is 120 Å². The minimum Gasteiger partial charge on any atom is -0.508 e. The van der Waals surface area contributed by atoms with Crippen molar-refractivity contribution in [3.8, 4) is 17.2 Å². The molecular weight excluding hydrogens is 270 g/mol. The van der Waals surface area contributed by atoms with Crippen LogP contribution < -0.4 is 5.32 Å². The minimum absolute atomic E-state index is 0.0327. The van der Waals surface area contributed by atoms with E-state index in [1.807, 2.05) is 24.3 Å². The molecule has 21 heavy (non-hydrogen) atoms. The van der Waals surface area contributed by atoms with Crippen LogP contribution in [-0.2, 0) is 6.54 Å². The van der Waals surface area contributed by atoms with Crippen molar-refractivity contribution in [3.05, 3.63) is 54.4 Å². The molecule has 2 aromatic carbocycles. The van der Waals surface area contributed by atoms with Crippen molar-refractivity contribution < 1.29 is 10.2 Å². The Bertz CT molecular complexity index is 743. The van der Waals surface area contributed by atoms with Gasteiger partial charge in [-0.05, 0) is 34.7 Å². The standard InChI is InChI=1S/C14H13N5O2/c20-11-6-5-10(14(21)7-11)8-15-12-3-1-2-4-13(12)19-9-16-17-18-19/h1-7,9,15,20-21H,8H2. The molecule has 0 saturated heterocycles. The second kappa shape index (κ2) is 5.49. The van der Waals surface area contributed by atoms with E-state index in [1.165, 1.54) is 18.5 Å². The predicted octanol–water partition coefficient (Wildman–Crippen LogP) is 1.69. The molecule has 7 nitrogen and oxygen atoms in total. The Morgan fingerprint density at radius 3 is 2.71 bits per heavy atom. The summed E-state index contributed by atoms with van der Waals surface area (Å²) >= 11 is 0. The van der Waals surface area contributed by atoms with Gasteiger partial charge in [0.25, 0.3) is 0 Å². The Hall–Kier alpha value is -3.09. The van der Waals surface area contributed by atoms with Gasteiger partial charge in [-0.25, -0.2) is 0 Å². The van der Waals surface area contributed by atoms with E-state index in [9.17, 15) is 10.2 Å². The third-order valence-corrected chi connectivity index (χ3v) is 3.04. The number of para-hydroxylation sites is 2. The van der Waals surface area contributed by atoms with Crippen LogP contribution in [0.25, 0.3) is 5.69 Å². The van der Waals surface area contributed by atoms with Crippen LogP contribution in [-0.4, -0.2) is 30.4 Å². The fourth-order valence-corrected chi connectivity index (χ4v) is 1.99. The van der Waals surface area contributed by atoms with Gasteiger partial charge in [0.2, 0.25) is 0 Å². The van der Waals surface area contributed by atoms with Crippen molar-refractivity contribution in [1.82, 2.24) is 20.2 Å². The first-order valence-corrected chi connectivity index (χ1v) is 6.31. The summed E-state index contributed by atoms with van der Waals surface area (Å²) in [6, 6.07) is 12.1. The van der Waals surface area contributed by atoms with E-state index in [2.05, 4.69) is 20.8 Å². The van der Waals surface area contributed by atoms with Gasteiger partial charge in [-0.2, -0.15) is 4.68 Å². The number of benzene rings is 2. The summed E-state index contributed by atoms with van der Waals surface area (Å²) in [7, 11) is 0. The maximum Gasteiger partial charge on any atom is 0.143 e. The third kappa shape index (κ3) is 2.76. The van der Waals surface area contributed by atoms with E-state index >= 15 is 0 Å². The summed E-state index contributed by atoms with van der Waals surface area (Å²) in [5.41, 5.74) is 2.32. The number of rotatable bonds is 4. The van der Waals surface area contributed by atoms with Gasteiger partial charge in [0, 0.05) is 18.2 Å². The fourth-order valence-electron chi connectivity index (χ4n) is 1.99. The van der Waals surface area contributed by atoms with Crippen LogP contribution in [0.4, 0.5) is 5.69 Å². The van der Waals surface area contributed by atoms with Gasteiger partial charge in [0.15, 0.2) is 0 Å². The highest BCUT2D eigenvalue weighted by molar-refractivity contribution is 5.60. The first-order chi connectivity index (χ1) is 10.2. The lowest BCUT2D eigenvalue weighted by Crippen LogP contribution is -2.05. The lowest BCUT2D eigenvalue weighted by molar-refractivity contribution is 0.446. The second-order valence-corrected chi connectivity index (χ2v) is 4.44. The Balaban J connectivity index is 1.83. The smallest absolute Gasteiger partial charge is 0.143 e. The maximum atomic E-state index is 9.79. The van der Waals surface area contributed by atoms with Crippen molar-refractivity contribution in [2.24, 2.45) is 0 Å². The minimum atomic E-state index is 0.0327. The molecule has 1 aromatic heterocycles. The number of aromatic nitrogens is 4. The number of tetrazole rings is 1. The average molecular weight is 283 g/mol. The number of hydrogen-bond acceptors (Lipinski definition) is 6. The fraction of sp³-hybridized carbons (Fsp3) is 0.0714. The van der Waals surface area contributed by atoms with Crippen LogP contribution >= 0.6 is 0 Å². The van der Waals surface area contributed by atoms with Crippen LogP contribution in [0.2, 0.25) is 0 Å². The number of phenolic OH excluding ortho intramolecular Hbond substituents is 2. The number of anilines is 1. The molecular formula is C14H13N5O2. The highest BCUT2D eigenvalue weighted by Gasteiger charge is 2.07. The molecule has 0 amide bonds. The van der Waals surface area contributed by atoms with Crippen LogP contribution in [0, 0.1) is 0 Å². The molecule has 0 aliphatic carbocycles. The summed E-state index contributed by atoms with van der Waals surface area (Å²) in [6.07, 6.45) is 1.51. The zero-order valence-corrected chi connectivity index (χ0v) is 11.0. The van der Waals surface area contributed by atoms with Crippen molar-refractivity contribution in [3.63, 3.8) is 0 Å². The van der Waals surface area contributed by atoms with Crippen LogP contribution in [0.15, 0.2) is 48.8 Å². The molecule has 0 aliphatic heterocycles. The molecule has 3 N–H and O–H groups in total. The summed E-state index contributed by atoms with van der Waals surface area (Å²) in [4.78, 5) is 0. The molecule has 0 saturated carbocycles. The molecule has 1 heterocycles. The molecule has 0 atom stereocenters. The zero-order valence-electron chi connectivity index (χ0n) is 11.0. The van der Waals surface area contributed by atoms with Crippen LogP contribution in [0.5, 0.6) is 11.5 Å². The molecule has 106 valence electrons. The van der Waals surface area contributed by atoms with Gasteiger partial charge in [0.05, 0.1) is 11.4 Å². The lowest BCUT2D eigenvalue weighted by atomic mass is 10.2. The van der Waals surface area contributed by atoms with Gasteiger partial charge in [0.1, 0.15) is 17.8 Å². The Morgan fingerprint density at radius 2 is 1.95 bits per heavy atom. The molecule has 0 fully saturated rings. The largest absolute Gasteiger partial charge is 0.508 e. The lowest BCUT2D eigenvalue weighted by Gasteiger charge is -2.12. The normalized spacial score (nSPS) is 10.5. The van der Waals surface area contributed by atoms with Crippen LogP contribution in [0.3, 0.4) is 0 Å². The van der Waals surface area contributed by atoms with E-state index in [1.54, 1.807) is 10.7 Å². The van der Waals surface area contributed by atoms with Gasteiger partial charge >= 0.3 is 0 Å². The summed E-state index contributed by atoms with van der Waals surface area (Å²) in [5, 5.41) is 33.4. The number of hydrogen-bond donors (Lipinski definition) is 3. The van der Waals surface area contributed by atoms with E-state index in [-0.39, 0.29) is 11.5 Å². The quantitative estimate of drug-likeness (QED) is 0.674. The summed E-state index contributed by atoms with van der Waals surface area (Å²) in [6.45, 7) is 0.408. The SMILES string of the molecule is Oc1ccc(CNc2ccccc2-n2cnnn2)c(O)c1. The van der Waals surface area contributed by atoms with Crippen LogP contribution in [0.1, 0.15) is 5.56 Å². The van der Waals surface area contributed by atoms with E-state index in [0.29, 0.717) is 12.1 Å². The van der Waals surface area contributed by atoms with Gasteiger partial charge in [-0.15, -0.1) is 5.10 Å². The Morgan fingerprint density at radius 1 is 1.10 bits per heavy atom. The molecule has 7 heteroatoms. The predicted molar refractivity (Wildman–Crippen MR) is 76.3 cm³/mol. The van der Waals surface area contributed by atoms with Gasteiger partial charge in [-0.1, -0.05) is 12.1 Å². The third-order valence-electron chi connectivity index (χ3n) is 3.04. The highest BCUT2D eigenvalue weighted by atomic mass is 16.3. The highest BCUT2D eigenvalue weighted by Crippen LogP contribution is 2.25. The number of nitrogens with zero attached hydrogens (tertiary/aromatic N) is 4. The first kappa shape index (κ1) is 12.9. The number of phenols is 2. The molecule has 3 aromatic rings. The first-order valence-electron chi connectivity index (χ1n) is 6.31. The van der Waals surface area contributed by atoms with Crippen molar-refractivity contribution >= 4 is 5.69 Å². The molecule has 0 bridgehead atoms. The molecule has 0 unspecified atom stereocenters. The molecule has 0 aliphatic rings. The van der Waals surface area contributed by atoms with Crippen molar-refractivity contribution in [2.45, 2.75) is 6.54 Å². The van der Waals surface area contributed by atoms with E-state index in [0.717, 1.165) is 11.4 Å². The summed E-state index contributed by atoms with van der Waals surface area (Å²) < 4.78 is 1.55. The second-order valence-electron chi connectivity index (χ2n) is 4.44. The van der Waals surface area contributed by atoms with Crippen molar-refractivity contribution in [1.29, 1.82) is 0 Å². The van der Waals surface area contributed by atoms with Gasteiger partial charge < -0.3 is 15.5 Å². The topological polar surface area (TPSA) is 96.1 Å². The zero-order chi connectivity index (χ0) is 14.7. The summed E-state index contributed by atoms with van der Waals surface area (Å²) in [5.74, 6) is 0.0766. The molecule has 0 radical (unpaired) electrons. The molecule has 3 rings (SSSR count).